The van der Waals surface area contributed by atoms with Crippen LogP contribution in [0.5, 0.6) is 0 Å². The average molecular weight is 372 g/mol. The highest BCUT2D eigenvalue weighted by Gasteiger charge is 2.45. The molecule has 2 aliphatic rings. The molecule has 0 radical (unpaired) electrons. The fraction of sp³-hybridized carbons (Fsp3) is 0.222. The van der Waals surface area contributed by atoms with E-state index < -0.39 is 0 Å². The molecule has 0 bridgehead atoms. The third-order valence-corrected chi connectivity index (χ3v) is 5.03. The minimum Gasteiger partial charge on any atom is -0.379 e. The van der Waals surface area contributed by atoms with Crippen molar-refractivity contribution >= 4 is 27.7 Å². The Bertz CT molecular complexity index is 752. The highest BCUT2D eigenvalue weighted by atomic mass is 79.9. The number of nitrogens with zero attached hydrogens (tertiary/aromatic N) is 1. The van der Waals surface area contributed by atoms with Gasteiger partial charge in [-0.25, -0.2) is 0 Å². The lowest BCUT2D eigenvalue weighted by atomic mass is 9.93. The van der Waals surface area contributed by atoms with Crippen molar-refractivity contribution in [2.75, 3.05) is 13.2 Å². The predicted molar refractivity (Wildman–Crippen MR) is 88.4 cm³/mol. The summed E-state index contributed by atoms with van der Waals surface area (Å²) in [4.78, 5) is 26.7. The molecular weight excluding hydrogens is 358 g/mol. The van der Waals surface area contributed by atoms with Crippen LogP contribution < -0.4 is 0 Å². The summed E-state index contributed by atoms with van der Waals surface area (Å²) in [6.07, 6.45) is 0. The molecule has 0 spiro atoms. The maximum atomic E-state index is 12.7. The normalized spacial score (nSPS) is 23.4. The van der Waals surface area contributed by atoms with Crippen LogP contribution in [-0.4, -0.2) is 36.0 Å². The van der Waals surface area contributed by atoms with Gasteiger partial charge in [0.15, 0.2) is 0 Å². The number of imide groups is 1. The van der Waals surface area contributed by atoms with Gasteiger partial charge in [0.05, 0.1) is 30.4 Å². The van der Waals surface area contributed by atoms with E-state index in [4.69, 9.17) is 4.74 Å². The lowest BCUT2D eigenvalue weighted by Gasteiger charge is -2.26. The monoisotopic (exact) mass is 371 g/mol. The lowest BCUT2D eigenvalue weighted by Crippen LogP contribution is -2.43. The van der Waals surface area contributed by atoms with Crippen molar-refractivity contribution in [1.29, 1.82) is 0 Å². The second-order valence-electron chi connectivity index (χ2n) is 5.79. The summed E-state index contributed by atoms with van der Waals surface area (Å²) in [6.45, 7) is 0.895. The number of rotatable bonds is 2. The van der Waals surface area contributed by atoms with E-state index >= 15 is 0 Å². The summed E-state index contributed by atoms with van der Waals surface area (Å²) in [5.41, 5.74) is 2.05. The molecule has 0 unspecified atom stereocenters. The molecule has 4 rings (SSSR count). The van der Waals surface area contributed by atoms with Crippen LogP contribution in [0.15, 0.2) is 53.0 Å². The standard InChI is InChI=1S/C18H14BrNO3/c19-12-7-5-11(6-8-12)15-9-23-10-16(15)20-17(21)13-3-1-2-4-14(13)18(20)22/h1-8,15-16H,9-10H2/t15-,16+/m0/s1. The number of hydrogen-bond donors (Lipinski definition) is 0. The zero-order chi connectivity index (χ0) is 16.0. The molecule has 4 nitrogen and oxygen atoms in total. The van der Waals surface area contributed by atoms with Gasteiger partial charge in [-0.2, -0.15) is 0 Å². The molecule has 5 heteroatoms. The first-order valence-corrected chi connectivity index (χ1v) is 8.26. The SMILES string of the molecule is O=C1c2ccccc2C(=O)N1[C@@H]1COC[C@H]1c1ccc(Br)cc1. The molecule has 2 aromatic carbocycles. The number of benzene rings is 2. The number of fused-ring (bicyclic) bond motifs is 1. The van der Waals surface area contributed by atoms with Crippen LogP contribution in [0, 0.1) is 0 Å². The van der Waals surface area contributed by atoms with E-state index in [2.05, 4.69) is 15.9 Å². The van der Waals surface area contributed by atoms with Crippen molar-refractivity contribution in [1.82, 2.24) is 4.90 Å². The third kappa shape index (κ3) is 2.31. The first-order chi connectivity index (χ1) is 11.2. The Labute approximate surface area is 142 Å². The molecule has 0 saturated carbocycles. The van der Waals surface area contributed by atoms with Crippen molar-refractivity contribution in [2.45, 2.75) is 12.0 Å². The van der Waals surface area contributed by atoms with E-state index in [9.17, 15) is 9.59 Å². The van der Waals surface area contributed by atoms with E-state index in [1.165, 1.54) is 4.90 Å². The lowest BCUT2D eigenvalue weighted by molar-refractivity contribution is 0.0558. The Morgan fingerprint density at radius 2 is 1.52 bits per heavy atom. The van der Waals surface area contributed by atoms with Crippen LogP contribution in [0.25, 0.3) is 0 Å². The van der Waals surface area contributed by atoms with E-state index in [0.717, 1.165) is 10.0 Å². The van der Waals surface area contributed by atoms with Crippen LogP contribution in [0.4, 0.5) is 0 Å². The van der Waals surface area contributed by atoms with Crippen LogP contribution >= 0.6 is 15.9 Å². The highest BCUT2D eigenvalue weighted by Crippen LogP contribution is 2.35. The van der Waals surface area contributed by atoms with Crippen LogP contribution in [0.2, 0.25) is 0 Å². The Hall–Kier alpha value is -1.98. The van der Waals surface area contributed by atoms with Crippen molar-refractivity contribution in [3.05, 3.63) is 69.7 Å². The molecule has 2 aliphatic heterocycles. The number of hydrogen-bond acceptors (Lipinski definition) is 3. The summed E-state index contributed by atoms with van der Waals surface area (Å²) >= 11 is 3.42. The molecule has 2 amide bonds. The van der Waals surface area contributed by atoms with E-state index in [0.29, 0.717) is 24.3 Å². The second-order valence-corrected chi connectivity index (χ2v) is 6.70. The molecule has 0 N–H and O–H groups in total. The largest absolute Gasteiger partial charge is 0.379 e. The summed E-state index contributed by atoms with van der Waals surface area (Å²) in [5, 5.41) is 0. The summed E-state index contributed by atoms with van der Waals surface area (Å²) in [6, 6.07) is 14.7. The van der Waals surface area contributed by atoms with Crippen LogP contribution in [0.1, 0.15) is 32.2 Å². The minimum atomic E-state index is -0.261. The fourth-order valence-electron chi connectivity index (χ4n) is 3.33. The summed E-state index contributed by atoms with van der Waals surface area (Å²) in [5.74, 6) is -0.434. The van der Waals surface area contributed by atoms with Gasteiger partial charge in [-0.3, -0.25) is 14.5 Å². The zero-order valence-electron chi connectivity index (χ0n) is 12.2. The summed E-state index contributed by atoms with van der Waals surface area (Å²) in [7, 11) is 0. The van der Waals surface area contributed by atoms with Crippen LogP contribution in [0.3, 0.4) is 0 Å². The summed E-state index contributed by atoms with van der Waals surface area (Å²) < 4.78 is 6.60. The Kier molecular flexibility index (Phi) is 3.54. The first kappa shape index (κ1) is 14.6. The molecule has 2 aromatic rings. The maximum absolute atomic E-state index is 12.7. The van der Waals surface area contributed by atoms with Gasteiger partial charge < -0.3 is 4.74 Å². The van der Waals surface area contributed by atoms with E-state index in [1.54, 1.807) is 24.3 Å². The van der Waals surface area contributed by atoms with E-state index in [-0.39, 0.29) is 23.8 Å². The van der Waals surface area contributed by atoms with E-state index in [1.807, 2.05) is 24.3 Å². The van der Waals surface area contributed by atoms with Gasteiger partial charge in [-0.05, 0) is 29.8 Å². The van der Waals surface area contributed by atoms with Gasteiger partial charge in [-0.15, -0.1) is 0 Å². The molecule has 2 heterocycles. The van der Waals surface area contributed by atoms with Gasteiger partial charge in [0.25, 0.3) is 11.8 Å². The Morgan fingerprint density at radius 3 is 2.13 bits per heavy atom. The Morgan fingerprint density at radius 1 is 0.913 bits per heavy atom. The molecule has 0 aromatic heterocycles. The minimum absolute atomic E-state index is 0.00492. The number of carbonyl (C=O) groups is 2. The van der Waals surface area contributed by atoms with Gasteiger partial charge in [0.1, 0.15) is 0 Å². The number of carbonyl (C=O) groups excluding carboxylic acids is 2. The number of ether oxygens (including phenoxy) is 1. The van der Waals surface area contributed by atoms with Crippen LogP contribution in [-0.2, 0) is 4.74 Å². The molecule has 23 heavy (non-hydrogen) atoms. The Balaban J connectivity index is 1.69. The highest BCUT2D eigenvalue weighted by molar-refractivity contribution is 9.10. The molecule has 1 fully saturated rings. The van der Waals surface area contributed by atoms with Crippen molar-refractivity contribution in [3.8, 4) is 0 Å². The van der Waals surface area contributed by atoms with Crippen molar-refractivity contribution in [3.63, 3.8) is 0 Å². The van der Waals surface area contributed by atoms with Gasteiger partial charge in [0, 0.05) is 10.4 Å². The molecule has 2 atom stereocenters. The number of halogens is 1. The zero-order valence-corrected chi connectivity index (χ0v) is 13.8. The fourth-order valence-corrected chi connectivity index (χ4v) is 3.60. The topological polar surface area (TPSA) is 46.6 Å². The average Bonchev–Trinajstić information content (AvgIpc) is 3.13. The molecule has 116 valence electrons. The smallest absolute Gasteiger partial charge is 0.261 e. The van der Waals surface area contributed by atoms with Gasteiger partial charge in [-0.1, -0.05) is 40.2 Å². The number of amides is 2. The van der Waals surface area contributed by atoms with Gasteiger partial charge in [0.2, 0.25) is 0 Å². The molecular formula is C18H14BrNO3. The quantitative estimate of drug-likeness (QED) is 0.761. The van der Waals surface area contributed by atoms with Crippen molar-refractivity contribution in [2.24, 2.45) is 0 Å². The second kappa shape index (κ2) is 5.58. The first-order valence-electron chi connectivity index (χ1n) is 7.47. The molecule has 1 saturated heterocycles. The maximum Gasteiger partial charge on any atom is 0.261 e. The van der Waals surface area contributed by atoms with Crippen molar-refractivity contribution < 1.29 is 14.3 Å². The van der Waals surface area contributed by atoms with Gasteiger partial charge >= 0.3 is 0 Å². The molecule has 0 aliphatic carbocycles. The third-order valence-electron chi connectivity index (χ3n) is 4.51. The predicted octanol–water partition coefficient (Wildman–Crippen LogP) is 3.23.